The van der Waals surface area contributed by atoms with Crippen LogP contribution in [0.2, 0.25) is 5.02 Å². The first-order valence-electron chi connectivity index (χ1n) is 12.8. The van der Waals surface area contributed by atoms with Gasteiger partial charge in [0.15, 0.2) is 5.60 Å². The maximum Gasteiger partial charge on any atom is 0.340 e. The summed E-state index contributed by atoms with van der Waals surface area (Å²) in [6.45, 7) is 2.99. The molecule has 9 nitrogen and oxygen atoms in total. The van der Waals surface area contributed by atoms with Crippen molar-refractivity contribution in [2.75, 3.05) is 31.1 Å². The summed E-state index contributed by atoms with van der Waals surface area (Å²) in [7, 11) is 0. The monoisotopic (exact) mass is 560 g/mol. The predicted octanol–water partition coefficient (Wildman–Crippen LogP) is 3.39. The van der Waals surface area contributed by atoms with Crippen LogP contribution in [0.15, 0.2) is 72.8 Å². The Morgan fingerprint density at radius 2 is 1.68 bits per heavy atom. The second kappa shape index (κ2) is 12.2. The van der Waals surface area contributed by atoms with Crippen LogP contribution in [0.25, 0.3) is 11.1 Å². The maximum absolute atomic E-state index is 12.8. The highest BCUT2D eigenvalue weighted by atomic mass is 35.5. The standard InChI is InChI=1S/C30H29ClN4O5/c1-20(18-30(40,29(38)39)23-11-12-24(25(31)17-23)21-7-3-2-4-8-21)33-27(36)28(37)35-15-13-34(14-16-35)26-10-6-5-9-22(26)19-32/h2-12,17,20,40H,13-16,18H2,1H3,(H,33,36)(H,38,39). The van der Waals surface area contributed by atoms with Crippen LogP contribution < -0.4 is 10.2 Å². The Morgan fingerprint density at radius 1 is 1.02 bits per heavy atom. The van der Waals surface area contributed by atoms with Gasteiger partial charge in [0.1, 0.15) is 6.07 Å². The summed E-state index contributed by atoms with van der Waals surface area (Å²) >= 11 is 6.45. The van der Waals surface area contributed by atoms with Gasteiger partial charge in [0.2, 0.25) is 0 Å². The number of aliphatic carboxylic acids is 1. The van der Waals surface area contributed by atoms with Gasteiger partial charge in [-0.05, 0) is 36.2 Å². The third-order valence-corrected chi connectivity index (χ3v) is 7.30. The van der Waals surface area contributed by atoms with Gasteiger partial charge < -0.3 is 25.3 Å². The van der Waals surface area contributed by atoms with E-state index in [1.54, 1.807) is 18.2 Å². The zero-order chi connectivity index (χ0) is 28.9. The summed E-state index contributed by atoms with van der Waals surface area (Å²) in [5.74, 6) is -3.13. The molecule has 2 amide bonds. The van der Waals surface area contributed by atoms with E-state index in [1.807, 2.05) is 47.4 Å². The smallest absolute Gasteiger partial charge is 0.340 e. The molecule has 1 aliphatic heterocycles. The highest BCUT2D eigenvalue weighted by Crippen LogP contribution is 2.34. The van der Waals surface area contributed by atoms with Crippen LogP contribution in [0.3, 0.4) is 0 Å². The molecule has 2 atom stereocenters. The van der Waals surface area contributed by atoms with E-state index in [-0.39, 0.29) is 30.1 Å². The quantitative estimate of drug-likeness (QED) is 0.377. The molecule has 1 heterocycles. The Kier molecular flexibility index (Phi) is 8.73. The molecule has 0 saturated carbocycles. The van der Waals surface area contributed by atoms with Gasteiger partial charge in [-0.25, -0.2) is 4.79 Å². The van der Waals surface area contributed by atoms with Crippen molar-refractivity contribution in [3.8, 4) is 17.2 Å². The minimum Gasteiger partial charge on any atom is -0.479 e. The Labute approximate surface area is 237 Å². The molecule has 1 fully saturated rings. The number of carboxylic acid groups (broad SMARTS) is 1. The molecule has 0 bridgehead atoms. The van der Waals surface area contributed by atoms with Crippen molar-refractivity contribution < 1.29 is 24.6 Å². The number of rotatable bonds is 7. The number of carbonyl (C=O) groups excluding carboxylic acids is 2. The van der Waals surface area contributed by atoms with Gasteiger partial charge in [0.25, 0.3) is 0 Å². The molecular formula is C30H29ClN4O5. The van der Waals surface area contributed by atoms with Crippen molar-refractivity contribution in [3.05, 3.63) is 88.9 Å². The maximum atomic E-state index is 12.8. The van der Waals surface area contributed by atoms with Gasteiger partial charge in [0.05, 0.1) is 11.3 Å². The topological polar surface area (TPSA) is 134 Å². The van der Waals surface area contributed by atoms with Crippen LogP contribution in [0.1, 0.15) is 24.5 Å². The van der Waals surface area contributed by atoms with Crippen molar-refractivity contribution in [1.82, 2.24) is 10.2 Å². The minimum atomic E-state index is -2.35. The zero-order valence-electron chi connectivity index (χ0n) is 21.9. The average molecular weight is 561 g/mol. The van der Waals surface area contributed by atoms with E-state index in [9.17, 15) is 29.9 Å². The minimum absolute atomic E-state index is 0.0610. The van der Waals surface area contributed by atoms with Gasteiger partial charge in [0, 0.05) is 49.2 Å². The lowest BCUT2D eigenvalue weighted by Gasteiger charge is -2.36. The number of benzene rings is 3. The fraction of sp³-hybridized carbons (Fsp3) is 0.267. The Balaban J connectivity index is 1.39. The molecule has 0 aromatic heterocycles. The second-order valence-electron chi connectivity index (χ2n) is 9.71. The summed E-state index contributed by atoms with van der Waals surface area (Å²) < 4.78 is 0. The Morgan fingerprint density at radius 3 is 2.30 bits per heavy atom. The lowest BCUT2D eigenvalue weighted by atomic mass is 9.86. The fourth-order valence-electron chi connectivity index (χ4n) is 4.87. The normalized spacial score (nSPS) is 15.4. The van der Waals surface area contributed by atoms with Gasteiger partial charge in [-0.2, -0.15) is 5.26 Å². The van der Waals surface area contributed by atoms with Crippen LogP contribution in [0.5, 0.6) is 0 Å². The third-order valence-electron chi connectivity index (χ3n) is 6.99. The van der Waals surface area contributed by atoms with E-state index in [0.717, 1.165) is 11.3 Å². The number of nitrogens with zero attached hydrogens (tertiary/aromatic N) is 3. The van der Waals surface area contributed by atoms with Crippen LogP contribution in [0, 0.1) is 11.3 Å². The molecule has 0 radical (unpaired) electrons. The van der Waals surface area contributed by atoms with Crippen molar-refractivity contribution in [1.29, 1.82) is 5.26 Å². The van der Waals surface area contributed by atoms with E-state index in [0.29, 0.717) is 24.2 Å². The average Bonchev–Trinajstić information content (AvgIpc) is 2.97. The van der Waals surface area contributed by atoms with E-state index in [1.165, 1.54) is 24.0 Å². The van der Waals surface area contributed by atoms with Crippen molar-refractivity contribution in [2.24, 2.45) is 0 Å². The summed E-state index contributed by atoms with van der Waals surface area (Å²) in [6, 6.07) is 22.3. The van der Waals surface area contributed by atoms with E-state index in [2.05, 4.69) is 11.4 Å². The summed E-state index contributed by atoms with van der Waals surface area (Å²) in [5, 5.41) is 33.2. The number of piperazine rings is 1. The number of carbonyl (C=O) groups is 3. The molecule has 3 aromatic rings. The first kappa shape index (κ1) is 28.6. The van der Waals surface area contributed by atoms with Crippen molar-refractivity contribution in [2.45, 2.75) is 25.0 Å². The van der Waals surface area contributed by atoms with Gasteiger partial charge >= 0.3 is 17.8 Å². The predicted molar refractivity (Wildman–Crippen MR) is 151 cm³/mol. The number of anilines is 1. The highest BCUT2D eigenvalue weighted by molar-refractivity contribution is 6.35. The lowest BCUT2D eigenvalue weighted by Crippen LogP contribution is -2.54. The molecule has 2 unspecified atom stereocenters. The number of nitriles is 1. The van der Waals surface area contributed by atoms with Crippen LogP contribution in [0.4, 0.5) is 5.69 Å². The summed E-state index contributed by atoms with van der Waals surface area (Å²) in [4.78, 5) is 41.2. The van der Waals surface area contributed by atoms with E-state index in [4.69, 9.17) is 11.6 Å². The molecule has 0 aliphatic carbocycles. The Hall–Kier alpha value is -4.39. The molecule has 3 N–H and O–H groups in total. The molecule has 40 heavy (non-hydrogen) atoms. The largest absolute Gasteiger partial charge is 0.479 e. The molecule has 1 saturated heterocycles. The second-order valence-corrected chi connectivity index (χ2v) is 10.1. The zero-order valence-corrected chi connectivity index (χ0v) is 22.6. The molecule has 1 aliphatic rings. The van der Waals surface area contributed by atoms with Crippen LogP contribution in [-0.4, -0.2) is 65.1 Å². The SMILES string of the molecule is CC(CC(O)(C(=O)O)c1ccc(-c2ccccc2)c(Cl)c1)NC(=O)C(=O)N1CCN(c2ccccc2C#N)CC1. The number of para-hydroxylation sites is 1. The number of nitrogens with one attached hydrogen (secondary N) is 1. The number of amides is 2. The first-order chi connectivity index (χ1) is 19.1. The number of carboxylic acids is 1. The highest BCUT2D eigenvalue weighted by Gasteiger charge is 2.40. The number of hydrogen-bond donors (Lipinski definition) is 3. The van der Waals surface area contributed by atoms with E-state index < -0.39 is 29.4 Å². The molecule has 10 heteroatoms. The fourth-order valence-corrected chi connectivity index (χ4v) is 5.16. The van der Waals surface area contributed by atoms with Crippen molar-refractivity contribution >= 4 is 35.1 Å². The number of aliphatic hydroxyl groups is 1. The summed E-state index contributed by atoms with van der Waals surface area (Å²) in [5.41, 5.74) is 0.546. The Bertz CT molecular complexity index is 1450. The molecule has 206 valence electrons. The molecule has 4 rings (SSSR count). The van der Waals surface area contributed by atoms with Crippen LogP contribution >= 0.6 is 11.6 Å². The molecular weight excluding hydrogens is 532 g/mol. The summed E-state index contributed by atoms with van der Waals surface area (Å²) in [6.07, 6.45) is -0.388. The first-order valence-corrected chi connectivity index (χ1v) is 13.2. The molecule has 3 aromatic carbocycles. The van der Waals surface area contributed by atoms with Crippen LogP contribution in [-0.2, 0) is 20.0 Å². The third kappa shape index (κ3) is 6.09. The van der Waals surface area contributed by atoms with Crippen molar-refractivity contribution in [3.63, 3.8) is 0 Å². The van der Waals surface area contributed by atoms with Gasteiger partial charge in [-0.1, -0.05) is 66.2 Å². The van der Waals surface area contributed by atoms with E-state index >= 15 is 0 Å². The lowest BCUT2D eigenvalue weighted by molar-refractivity contribution is -0.161. The number of halogens is 1. The van der Waals surface area contributed by atoms with Gasteiger partial charge in [-0.15, -0.1) is 0 Å². The number of hydrogen-bond acceptors (Lipinski definition) is 6. The van der Waals surface area contributed by atoms with Gasteiger partial charge in [-0.3, -0.25) is 9.59 Å². The molecule has 0 spiro atoms.